The van der Waals surface area contributed by atoms with E-state index >= 15 is 0 Å². The van der Waals surface area contributed by atoms with Crippen molar-refractivity contribution in [1.82, 2.24) is 20.2 Å². The Morgan fingerprint density at radius 1 is 1.09 bits per heavy atom. The Morgan fingerprint density at radius 3 is 2.62 bits per heavy atom. The van der Waals surface area contributed by atoms with Crippen LogP contribution in [0.15, 0.2) is 59.5 Å². The third-order valence-corrected chi connectivity index (χ3v) is 5.56. The number of benzene rings is 1. The summed E-state index contributed by atoms with van der Waals surface area (Å²) >= 11 is 0. The molecule has 1 aliphatic heterocycles. The summed E-state index contributed by atoms with van der Waals surface area (Å²) in [4.78, 5) is 47.8. The van der Waals surface area contributed by atoms with Crippen molar-refractivity contribution >= 4 is 23.5 Å². The summed E-state index contributed by atoms with van der Waals surface area (Å²) in [6, 6.07) is 10.4. The van der Waals surface area contributed by atoms with Gasteiger partial charge in [0.1, 0.15) is 5.75 Å². The first-order chi connectivity index (χ1) is 16.5. The summed E-state index contributed by atoms with van der Waals surface area (Å²) in [5.41, 5.74) is 0.908. The number of hydrogen-bond acceptors (Lipinski definition) is 7. The van der Waals surface area contributed by atoms with E-state index in [4.69, 9.17) is 9.15 Å². The summed E-state index contributed by atoms with van der Waals surface area (Å²) in [5, 5.41) is 5.49. The number of furan rings is 1. The number of methoxy groups -OCH3 is 1. The van der Waals surface area contributed by atoms with Crippen LogP contribution in [-0.4, -0.2) is 58.8 Å². The van der Waals surface area contributed by atoms with E-state index in [0.29, 0.717) is 32.4 Å². The number of likely N-dealkylation sites (tertiary alicyclic amines) is 1. The number of rotatable bonds is 7. The molecule has 1 fully saturated rings. The van der Waals surface area contributed by atoms with E-state index < -0.39 is 11.8 Å². The van der Waals surface area contributed by atoms with Gasteiger partial charge in [-0.05, 0) is 42.7 Å². The van der Waals surface area contributed by atoms with Gasteiger partial charge in [0.15, 0.2) is 17.3 Å². The zero-order valence-electron chi connectivity index (χ0n) is 18.7. The smallest absolute Gasteiger partial charge is 0.292 e. The number of carbonyl (C=O) groups excluding carboxylic acids is 3. The Hall–Kier alpha value is -4.21. The van der Waals surface area contributed by atoms with Crippen LogP contribution in [0.1, 0.15) is 39.4 Å². The summed E-state index contributed by atoms with van der Waals surface area (Å²) in [6.45, 7) is 1.08. The van der Waals surface area contributed by atoms with Crippen molar-refractivity contribution in [2.24, 2.45) is 0 Å². The summed E-state index contributed by atoms with van der Waals surface area (Å²) < 4.78 is 10.3. The Morgan fingerprint density at radius 2 is 1.88 bits per heavy atom. The number of amides is 3. The Labute approximate surface area is 196 Å². The second kappa shape index (κ2) is 10.6. The molecule has 4 rings (SSSR count). The van der Waals surface area contributed by atoms with Crippen LogP contribution in [0.5, 0.6) is 5.75 Å². The molecule has 3 amide bonds. The lowest BCUT2D eigenvalue weighted by Gasteiger charge is -2.32. The van der Waals surface area contributed by atoms with Gasteiger partial charge in [0, 0.05) is 31.5 Å². The fourth-order valence-corrected chi connectivity index (χ4v) is 3.77. The van der Waals surface area contributed by atoms with Crippen molar-refractivity contribution in [3.63, 3.8) is 0 Å². The van der Waals surface area contributed by atoms with Gasteiger partial charge in [0.25, 0.3) is 11.8 Å². The minimum absolute atomic E-state index is 0.0129. The second-order valence-electron chi connectivity index (χ2n) is 7.84. The Balaban J connectivity index is 1.31. The molecule has 10 heteroatoms. The molecule has 0 atom stereocenters. The molecule has 34 heavy (non-hydrogen) atoms. The molecule has 2 N–H and O–H groups in total. The van der Waals surface area contributed by atoms with Crippen LogP contribution in [0.4, 0.5) is 5.82 Å². The quantitative estimate of drug-likeness (QED) is 0.550. The van der Waals surface area contributed by atoms with E-state index in [0.717, 1.165) is 11.3 Å². The maximum atomic E-state index is 12.8. The van der Waals surface area contributed by atoms with Gasteiger partial charge in [-0.2, -0.15) is 0 Å². The van der Waals surface area contributed by atoms with E-state index in [-0.39, 0.29) is 29.2 Å². The lowest BCUT2D eigenvalue weighted by Crippen LogP contribution is -2.47. The summed E-state index contributed by atoms with van der Waals surface area (Å²) in [5.74, 6) is -0.0629. The highest BCUT2D eigenvalue weighted by Crippen LogP contribution is 2.17. The van der Waals surface area contributed by atoms with E-state index in [2.05, 4.69) is 20.6 Å². The predicted octanol–water partition coefficient (Wildman–Crippen LogP) is 2.29. The van der Waals surface area contributed by atoms with Gasteiger partial charge in [-0.25, -0.2) is 9.97 Å². The lowest BCUT2D eigenvalue weighted by molar-refractivity contribution is -0.131. The maximum Gasteiger partial charge on any atom is 0.292 e. The first-order valence-corrected chi connectivity index (χ1v) is 10.9. The van der Waals surface area contributed by atoms with Crippen molar-refractivity contribution < 1.29 is 23.5 Å². The first-order valence-electron chi connectivity index (χ1n) is 10.9. The Kier molecular flexibility index (Phi) is 7.16. The van der Waals surface area contributed by atoms with Crippen molar-refractivity contribution in [3.8, 4) is 5.75 Å². The lowest BCUT2D eigenvalue weighted by atomic mass is 10.0. The van der Waals surface area contributed by atoms with Gasteiger partial charge in [0.05, 0.1) is 19.8 Å². The van der Waals surface area contributed by atoms with Crippen molar-refractivity contribution in [2.75, 3.05) is 25.5 Å². The summed E-state index contributed by atoms with van der Waals surface area (Å²) in [7, 11) is 1.59. The van der Waals surface area contributed by atoms with E-state index in [9.17, 15) is 14.4 Å². The fraction of sp³-hybridized carbons (Fsp3) is 0.292. The molecule has 0 aliphatic carbocycles. The van der Waals surface area contributed by atoms with E-state index in [1.807, 2.05) is 24.3 Å². The fourth-order valence-electron chi connectivity index (χ4n) is 3.77. The van der Waals surface area contributed by atoms with Crippen molar-refractivity contribution in [1.29, 1.82) is 0 Å². The van der Waals surface area contributed by atoms with Gasteiger partial charge in [-0.3, -0.25) is 14.4 Å². The van der Waals surface area contributed by atoms with Crippen LogP contribution in [-0.2, 0) is 11.2 Å². The monoisotopic (exact) mass is 463 g/mol. The Bertz CT molecular complexity index is 1160. The number of anilines is 1. The predicted molar refractivity (Wildman–Crippen MR) is 122 cm³/mol. The van der Waals surface area contributed by atoms with Gasteiger partial charge in [-0.1, -0.05) is 12.1 Å². The molecule has 3 aromatic rings. The number of hydrogen-bond donors (Lipinski definition) is 2. The highest BCUT2D eigenvalue weighted by molar-refractivity contribution is 6.06. The maximum absolute atomic E-state index is 12.8. The minimum atomic E-state index is -0.526. The van der Waals surface area contributed by atoms with Gasteiger partial charge in [-0.15, -0.1) is 0 Å². The molecule has 1 saturated heterocycles. The molecule has 1 aliphatic rings. The van der Waals surface area contributed by atoms with Crippen LogP contribution in [0, 0.1) is 0 Å². The van der Waals surface area contributed by atoms with Crippen LogP contribution in [0.3, 0.4) is 0 Å². The number of piperidine rings is 1. The third-order valence-electron chi connectivity index (χ3n) is 5.56. The molecule has 10 nitrogen and oxygen atoms in total. The van der Waals surface area contributed by atoms with Crippen LogP contribution in [0.2, 0.25) is 0 Å². The number of ether oxygens (including phenoxy) is 1. The average Bonchev–Trinajstić information content (AvgIpc) is 3.40. The molecule has 0 bridgehead atoms. The normalized spacial score (nSPS) is 13.9. The third kappa shape index (κ3) is 5.58. The number of carbonyl (C=O) groups is 3. The number of nitrogens with zero attached hydrogens (tertiary/aromatic N) is 3. The molecule has 3 heterocycles. The minimum Gasteiger partial charge on any atom is -0.497 e. The highest BCUT2D eigenvalue weighted by Gasteiger charge is 2.26. The van der Waals surface area contributed by atoms with Crippen LogP contribution in [0.25, 0.3) is 0 Å². The number of nitrogens with one attached hydrogen (secondary N) is 2. The first kappa shape index (κ1) is 23.0. The SMILES string of the molecule is COc1cccc(CC(=O)N2CCC(NC(=O)c3nccnc3NC(=O)c3ccco3)CC2)c1. The van der Waals surface area contributed by atoms with Crippen molar-refractivity contribution in [3.05, 3.63) is 72.1 Å². The zero-order chi connectivity index (χ0) is 23.9. The van der Waals surface area contributed by atoms with E-state index in [1.54, 1.807) is 18.1 Å². The van der Waals surface area contributed by atoms with Crippen LogP contribution < -0.4 is 15.4 Å². The molecule has 1 aromatic carbocycles. The average molecular weight is 463 g/mol. The summed E-state index contributed by atoms with van der Waals surface area (Å²) in [6.07, 6.45) is 5.69. The molecule has 0 spiro atoms. The molecule has 176 valence electrons. The zero-order valence-corrected chi connectivity index (χ0v) is 18.7. The molecular weight excluding hydrogens is 438 g/mol. The molecule has 0 radical (unpaired) electrons. The van der Waals surface area contributed by atoms with Gasteiger partial charge >= 0.3 is 0 Å². The standard InChI is InChI=1S/C24H25N5O5/c1-33-18-5-2-4-16(14-18)15-20(30)29-11-7-17(8-12-29)27-24(32)21-22(26-10-9-25-21)28-23(31)19-6-3-13-34-19/h2-6,9-10,13-14,17H,7-8,11-12,15H2,1H3,(H,27,32)(H,26,28,31). The second-order valence-corrected chi connectivity index (χ2v) is 7.84. The molecule has 0 saturated carbocycles. The highest BCUT2D eigenvalue weighted by atomic mass is 16.5. The topological polar surface area (TPSA) is 127 Å². The van der Waals surface area contributed by atoms with Crippen molar-refractivity contribution in [2.45, 2.75) is 25.3 Å². The molecule has 0 unspecified atom stereocenters. The largest absolute Gasteiger partial charge is 0.497 e. The molecular formula is C24H25N5O5. The van der Waals surface area contributed by atoms with Crippen LogP contribution >= 0.6 is 0 Å². The van der Waals surface area contributed by atoms with Gasteiger partial charge in [0.2, 0.25) is 5.91 Å². The number of aromatic nitrogens is 2. The molecule has 2 aromatic heterocycles. The van der Waals surface area contributed by atoms with E-state index in [1.165, 1.54) is 24.7 Å². The van der Waals surface area contributed by atoms with Gasteiger partial charge < -0.3 is 24.7 Å².